The van der Waals surface area contributed by atoms with Gasteiger partial charge in [-0.25, -0.2) is 4.79 Å². The van der Waals surface area contributed by atoms with E-state index in [1.54, 1.807) is 29.6 Å². The molecule has 10 heteroatoms. The largest absolute Gasteiger partial charge is 0.455 e. The smallest absolute Gasteiger partial charge is 0.405 e. The first kappa shape index (κ1) is 20.0. The van der Waals surface area contributed by atoms with Crippen LogP contribution in [0.2, 0.25) is 5.02 Å². The van der Waals surface area contributed by atoms with Crippen LogP contribution in [-0.2, 0) is 19.7 Å². The molecule has 0 aliphatic heterocycles. The highest BCUT2D eigenvalue weighted by atomic mass is 35.5. The summed E-state index contributed by atoms with van der Waals surface area (Å²) >= 11 is 5.94. The molecule has 0 bridgehead atoms. The van der Waals surface area contributed by atoms with Gasteiger partial charge in [-0.15, -0.1) is 0 Å². The number of ether oxygens (including phenoxy) is 1. The summed E-state index contributed by atoms with van der Waals surface area (Å²) in [4.78, 5) is 35.1. The van der Waals surface area contributed by atoms with Crippen molar-refractivity contribution >= 4 is 29.5 Å². The van der Waals surface area contributed by atoms with E-state index < -0.39 is 42.7 Å². The summed E-state index contributed by atoms with van der Waals surface area (Å²) in [6, 6.07) is 5.42. The van der Waals surface area contributed by atoms with Crippen LogP contribution in [0, 0.1) is 0 Å². The van der Waals surface area contributed by atoms with Crippen LogP contribution < -0.4 is 10.6 Å². The molecule has 0 saturated heterocycles. The zero-order valence-electron chi connectivity index (χ0n) is 13.5. The molecule has 142 valence electrons. The number of amides is 3. The van der Waals surface area contributed by atoms with Crippen molar-refractivity contribution in [3.63, 3.8) is 0 Å². The number of carbonyl (C=O) groups excluding carboxylic acids is 3. The monoisotopic (exact) mass is 392 g/mol. The van der Waals surface area contributed by atoms with Crippen LogP contribution in [0.15, 0.2) is 24.3 Å². The molecule has 0 heterocycles. The van der Waals surface area contributed by atoms with Crippen molar-refractivity contribution in [2.24, 2.45) is 0 Å². The van der Waals surface area contributed by atoms with Gasteiger partial charge < -0.3 is 10.1 Å². The third-order valence-corrected chi connectivity index (χ3v) is 4.25. The molecule has 1 aliphatic rings. The van der Waals surface area contributed by atoms with Crippen molar-refractivity contribution < 1.29 is 32.3 Å². The summed E-state index contributed by atoms with van der Waals surface area (Å²) in [5, 5.41) is 3.59. The van der Waals surface area contributed by atoms with E-state index >= 15 is 0 Å². The van der Waals surface area contributed by atoms with Crippen molar-refractivity contribution in [3.05, 3.63) is 34.9 Å². The SMILES string of the molecule is O=C(COC(=O)C1(c2cccc(Cl)c2)CCC1)NC(=O)NCC(F)(F)F. The van der Waals surface area contributed by atoms with Crippen molar-refractivity contribution in [2.75, 3.05) is 13.2 Å². The number of hydrogen-bond donors (Lipinski definition) is 2. The predicted molar refractivity (Wildman–Crippen MR) is 85.5 cm³/mol. The highest BCUT2D eigenvalue weighted by molar-refractivity contribution is 6.30. The highest BCUT2D eigenvalue weighted by Crippen LogP contribution is 2.45. The van der Waals surface area contributed by atoms with Gasteiger partial charge in [0.25, 0.3) is 5.91 Å². The molecule has 0 aromatic heterocycles. The molecule has 26 heavy (non-hydrogen) atoms. The molecule has 0 unspecified atom stereocenters. The zero-order chi connectivity index (χ0) is 19.4. The van der Waals surface area contributed by atoms with Crippen molar-refractivity contribution in [2.45, 2.75) is 30.9 Å². The molecule has 1 aliphatic carbocycles. The summed E-state index contributed by atoms with van der Waals surface area (Å²) in [6.07, 6.45) is -2.74. The Morgan fingerprint density at radius 1 is 1.23 bits per heavy atom. The third-order valence-electron chi connectivity index (χ3n) is 4.01. The van der Waals surface area contributed by atoms with Crippen LogP contribution >= 0.6 is 11.6 Å². The summed E-state index contributed by atoms with van der Waals surface area (Å²) in [5.41, 5.74) is -0.228. The van der Waals surface area contributed by atoms with Gasteiger partial charge in [-0.1, -0.05) is 30.2 Å². The van der Waals surface area contributed by atoms with Crippen LogP contribution in [0.5, 0.6) is 0 Å². The number of imide groups is 1. The molecule has 6 nitrogen and oxygen atoms in total. The van der Waals surface area contributed by atoms with Gasteiger partial charge in [0.05, 0.1) is 5.41 Å². The molecule has 0 radical (unpaired) electrons. The number of rotatable bonds is 5. The van der Waals surface area contributed by atoms with E-state index in [1.807, 2.05) is 0 Å². The summed E-state index contributed by atoms with van der Waals surface area (Å²) in [7, 11) is 0. The van der Waals surface area contributed by atoms with Crippen LogP contribution in [0.1, 0.15) is 24.8 Å². The second-order valence-corrected chi connectivity index (χ2v) is 6.30. The van der Waals surface area contributed by atoms with Crippen molar-refractivity contribution in [1.29, 1.82) is 0 Å². The maximum atomic E-state index is 12.4. The molecular weight excluding hydrogens is 377 g/mol. The molecule has 1 aromatic carbocycles. The fourth-order valence-electron chi connectivity index (χ4n) is 2.58. The maximum Gasteiger partial charge on any atom is 0.405 e. The van der Waals surface area contributed by atoms with Gasteiger partial charge in [-0.3, -0.25) is 14.9 Å². The lowest BCUT2D eigenvalue weighted by molar-refractivity contribution is -0.157. The Morgan fingerprint density at radius 2 is 1.92 bits per heavy atom. The van der Waals surface area contributed by atoms with Crippen LogP contribution in [-0.4, -0.2) is 37.2 Å². The number of nitrogens with one attached hydrogen (secondary N) is 2. The predicted octanol–water partition coefficient (Wildman–Crippen LogP) is 2.69. The fraction of sp³-hybridized carbons (Fsp3) is 0.438. The van der Waals surface area contributed by atoms with Gasteiger partial charge in [0, 0.05) is 5.02 Å². The minimum Gasteiger partial charge on any atom is -0.455 e. The number of hydrogen-bond acceptors (Lipinski definition) is 4. The summed E-state index contributed by atoms with van der Waals surface area (Å²) in [6.45, 7) is -2.36. The number of halogens is 4. The van der Waals surface area contributed by atoms with Gasteiger partial charge in [0.1, 0.15) is 6.54 Å². The Hall–Kier alpha value is -2.29. The Balaban J connectivity index is 1.87. The average molecular weight is 393 g/mol. The Labute approximate surface area is 152 Å². The molecule has 0 atom stereocenters. The lowest BCUT2D eigenvalue weighted by Crippen LogP contribution is -2.47. The Bertz CT molecular complexity index is 705. The normalized spacial score (nSPS) is 15.5. The van der Waals surface area contributed by atoms with Gasteiger partial charge in [0.15, 0.2) is 6.61 Å². The summed E-state index contributed by atoms with van der Waals surface area (Å²) < 4.78 is 40.9. The van der Waals surface area contributed by atoms with E-state index in [-0.39, 0.29) is 0 Å². The quantitative estimate of drug-likeness (QED) is 0.754. The van der Waals surface area contributed by atoms with E-state index in [4.69, 9.17) is 16.3 Å². The number of alkyl halides is 3. The van der Waals surface area contributed by atoms with E-state index in [2.05, 4.69) is 0 Å². The second-order valence-electron chi connectivity index (χ2n) is 5.87. The molecule has 1 saturated carbocycles. The number of carbonyl (C=O) groups is 3. The lowest BCUT2D eigenvalue weighted by Gasteiger charge is -2.39. The van der Waals surface area contributed by atoms with Crippen molar-refractivity contribution in [1.82, 2.24) is 10.6 Å². The number of urea groups is 1. The number of esters is 1. The maximum absolute atomic E-state index is 12.4. The second kappa shape index (κ2) is 7.94. The highest BCUT2D eigenvalue weighted by Gasteiger charge is 2.47. The van der Waals surface area contributed by atoms with Gasteiger partial charge in [0.2, 0.25) is 0 Å². The van der Waals surface area contributed by atoms with Crippen LogP contribution in [0.3, 0.4) is 0 Å². The van der Waals surface area contributed by atoms with Crippen LogP contribution in [0.25, 0.3) is 0 Å². The average Bonchev–Trinajstić information content (AvgIpc) is 2.49. The standard InChI is InChI=1S/C16H16ClF3N2O4/c17-11-4-1-3-10(7-11)15(5-2-6-15)13(24)26-8-12(23)22-14(25)21-9-16(18,19)20/h1,3-4,7H,2,5-6,8-9H2,(H2,21,22,23,25). The molecule has 2 rings (SSSR count). The molecule has 1 aromatic rings. The first-order valence-electron chi connectivity index (χ1n) is 7.70. The van der Waals surface area contributed by atoms with E-state index in [0.717, 1.165) is 6.42 Å². The van der Waals surface area contributed by atoms with Gasteiger partial charge in [-0.05, 0) is 30.5 Å². The first-order chi connectivity index (χ1) is 12.1. The summed E-state index contributed by atoms with van der Waals surface area (Å²) in [5.74, 6) is -1.67. The van der Waals surface area contributed by atoms with Gasteiger partial charge in [-0.2, -0.15) is 13.2 Å². The molecule has 3 amide bonds. The molecule has 2 N–H and O–H groups in total. The molecule has 0 spiro atoms. The van der Waals surface area contributed by atoms with E-state index in [0.29, 0.717) is 23.4 Å². The Kier molecular flexibility index (Phi) is 6.12. The minimum absolute atomic E-state index is 0.459. The van der Waals surface area contributed by atoms with Crippen LogP contribution in [0.4, 0.5) is 18.0 Å². The van der Waals surface area contributed by atoms with Gasteiger partial charge >= 0.3 is 18.2 Å². The van der Waals surface area contributed by atoms with Crippen molar-refractivity contribution in [3.8, 4) is 0 Å². The van der Waals surface area contributed by atoms with E-state index in [9.17, 15) is 27.6 Å². The minimum atomic E-state index is -4.60. The molecular formula is C16H16ClF3N2O4. The number of benzene rings is 1. The third kappa shape index (κ3) is 5.10. The lowest BCUT2D eigenvalue weighted by atomic mass is 9.64. The Morgan fingerprint density at radius 3 is 2.46 bits per heavy atom. The zero-order valence-corrected chi connectivity index (χ0v) is 14.2. The first-order valence-corrected chi connectivity index (χ1v) is 8.08. The topological polar surface area (TPSA) is 84.5 Å². The van der Waals surface area contributed by atoms with E-state index in [1.165, 1.54) is 5.32 Å². The fourth-order valence-corrected chi connectivity index (χ4v) is 2.77. The molecule has 1 fully saturated rings.